The minimum absolute atomic E-state index is 0.245. The van der Waals surface area contributed by atoms with Gasteiger partial charge in [-0.15, -0.1) is 0 Å². The minimum Gasteiger partial charge on any atom is -0.340 e. The van der Waals surface area contributed by atoms with Crippen molar-refractivity contribution in [3.63, 3.8) is 0 Å². The van der Waals surface area contributed by atoms with Crippen LogP contribution in [0.25, 0.3) is 4.85 Å². The zero-order valence-corrected chi connectivity index (χ0v) is 19.3. The quantitative estimate of drug-likeness (QED) is 0.538. The second-order valence-corrected chi connectivity index (χ2v) is 10.4. The molecule has 9 heteroatoms. The van der Waals surface area contributed by atoms with E-state index < -0.39 is 16.2 Å². The Labute approximate surface area is 190 Å². The molecule has 0 spiro atoms. The van der Waals surface area contributed by atoms with E-state index >= 15 is 0 Å². The highest BCUT2D eigenvalue weighted by molar-refractivity contribution is 9.10. The maximum atomic E-state index is 12.8. The van der Waals surface area contributed by atoms with Crippen molar-refractivity contribution in [3.8, 4) is 0 Å². The van der Waals surface area contributed by atoms with Crippen molar-refractivity contribution in [3.05, 3.63) is 93.8 Å². The topological polar surface area (TPSA) is 73.7 Å². The van der Waals surface area contributed by atoms with Gasteiger partial charge in [0.05, 0.1) is 18.8 Å². The zero-order chi connectivity index (χ0) is 22.0. The average Bonchev–Trinajstić information content (AvgIpc) is 3.20. The van der Waals surface area contributed by atoms with Crippen molar-refractivity contribution in [1.29, 1.82) is 0 Å². The van der Waals surface area contributed by atoms with Crippen LogP contribution in [0.2, 0.25) is 0 Å². The molecule has 2 heterocycles. The molecule has 0 saturated heterocycles. The standard InChI is InChI=1S/C22H22BrN5O2S/c1-24-22(20-12-25-15-26-20)27-14-19(10-16-6-4-3-5-7-16)28(31(2,29)30)13-17-11-18(23)8-9-21(17)27/h3-9,11-12,15,19,22H,10,13-14H2,2H3,(H,25,26)/t19-,22?/m1/s1. The van der Waals surface area contributed by atoms with Crippen LogP contribution in [0.15, 0.2) is 65.5 Å². The molecule has 1 unspecified atom stereocenters. The fourth-order valence-electron chi connectivity index (χ4n) is 4.06. The summed E-state index contributed by atoms with van der Waals surface area (Å²) in [5.41, 5.74) is 3.43. The molecule has 0 amide bonds. The summed E-state index contributed by atoms with van der Waals surface area (Å²) in [6.07, 6.45) is 4.36. The molecular weight excluding hydrogens is 478 g/mol. The van der Waals surface area contributed by atoms with Gasteiger partial charge < -0.3 is 4.98 Å². The Morgan fingerprint density at radius 3 is 2.71 bits per heavy atom. The Hall–Kier alpha value is -2.67. The lowest BCUT2D eigenvalue weighted by atomic mass is 10.1. The van der Waals surface area contributed by atoms with Crippen LogP contribution < -0.4 is 4.90 Å². The van der Waals surface area contributed by atoms with Crippen LogP contribution in [0.1, 0.15) is 23.0 Å². The van der Waals surface area contributed by atoms with Crippen molar-refractivity contribution >= 4 is 31.6 Å². The van der Waals surface area contributed by atoms with Crippen molar-refractivity contribution < 1.29 is 8.42 Å². The molecule has 31 heavy (non-hydrogen) atoms. The molecule has 0 aliphatic carbocycles. The molecule has 4 rings (SSSR count). The second-order valence-electron chi connectivity index (χ2n) is 7.59. The zero-order valence-electron chi connectivity index (χ0n) is 16.9. The SMILES string of the molecule is [C-]#[N+]C(c1cnc[nH]1)N1C[C@@H](Cc2ccccc2)N(S(C)(=O)=O)Cc2cc(Br)ccc21. The van der Waals surface area contributed by atoms with Gasteiger partial charge in [0.1, 0.15) is 5.69 Å². The van der Waals surface area contributed by atoms with E-state index in [2.05, 4.69) is 30.7 Å². The first-order valence-electron chi connectivity index (χ1n) is 9.77. The van der Waals surface area contributed by atoms with Crippen LogP contribution in [0.3, 0.4) is 0 Å². The molecule has 3 aromatic rings. The van der Waals surface area contributed by atoms with Crippen molar-refractivity contribution in [2.45, 2.75) is 25.2 Å². The van der Waals surface area contributed by atoms with Gasteiger partial charge in [0.25, 0.3) is 0 Å². The Bertz CT molecular complexity index is 1190. The molecule has 1 aromatic heterocycles. The van der Waals surface area contributed by atoms with E-state index in [9.17, 15) is 8.42 Å². The van der Waals surface area contributed by atoms with Gasteiger partial charge in [-0.1, -0.05) is 46.3 Å². The summed E-state index contributed by atoms with van der Waals surface area (Å²) in [6, 6.07) is 15.3. The maximum Gasteiger partial charge on any atom is 0.341 e. The van der Waals surface area contributed by atoms with Gasteiger partial charge in [0, 0.05) is 29.3 Å². The Balaban J connectivity index is 1.83. The number of nitrogens with zero attached hydrogens (tertiary/aromatic N) is 4. The number of H-pyrrole nitrogens is 1. The number of aromatic amines is 1. The minimum atomic E-state index is -3.49. The van der Waals surface area contributed by atoms with Crippen molar-refractivity contribution in [2.75, 3.05) is 17.7 Å². The monoisotopic (exact) mass is 499 g/mol. The van der Waals surface area contributed by atoms with E-state index in [-0.39, 0.29) is 12.6 Å². The molecule has 1 N–H and O–H groups in total. The lowest BCUT2D eigenvalue weighted by Crippen LogP contribution is -2.45. The summed E-state index contributed by atoms with van der Waals surface area (Å²) in [7, 11) is -3.49. The number of benzene rings is 2. The summed E-state index contributed by atoms with van der Waals surface area (Å²) >= 11 is 3.50. The van der Waals surface area contributed by atoms with Gasteiger partial charge >= 0.3 is 6.17 Å². The number of fused-ring (bicyclic) bond motifs is 1. The largest absolute Gasteiger partial charge is 0.341 e. The fourth-order valence-corrected chi connectivity index (χ4v) is 5.53. The first kappa shape index (κ1) is 21.6. The Morgan fingerprint density at radius 2 is 2.06 bits per heavy atom. The van der Waals surface area contributed by atoms with Gasteiger partial charge in [0.2, 0.25) is 10.0 Å². The van der Waals surface area contributed by atoms with E-state index in [0.29, 0.717) is 18.7 Å². The highest BCUT2D eigenvalue weighted by Crippen LogP contribution is 2.37. The summed E-state index contributed by atoms with van der Waals surface area (Å²) in [4.78, 5) is 13.0. The third kappa shape index (κ3) is 4.66. The number of sulfonamides is 1. The van der Waals surface area contributed by atoms with Gasteiger partial charge in [-0.05, 0) is 35.7 Å². The molecule has 2 aromatic carbocycles. The maximum absolute atomic E-state index is 12.8. The van der Waals surface area contributed by atoms with E-state index in [1.54, 1.807) is 16.8 Å². The molecule has 2 atom stereocenters. The van der Waals surface area contributed by atoms with Gasteiger partial charge in [-0.2, -0.15) is 4.31 Å². The lowest BCUT2D eigenvalue weighted by Gasteiger charge is -2.31. The normalized spacial score (nSPS) is 18.1. The first-order valence-corrected chi connectivity index (χ1v) is 12.4. The molecule has 0 saturated carbocycles. The molecule has 0 fully saturated rings. The molecular formula is C22H22BrN5O2S. The van der Waals surface area contributed by atoms with Gasteiger partial charge in [-0.25, -0.2) is 20.0 Å². The third-order valence-corrected chi connectivity index (χ3v) is 7.22. The molecule has 160 valence electrons. The van der Waals surface area contributed by atoms with E-state index in [1.165, 1.54) is 6.26 Å². The van der Waals surface area contributed by atoms with Crippen LogP contribution in [0.4, 0.5) is 5.69 Å². The van der Waals surface area contributed by atoms with Crippen LogP contribution >= 0.6 is 15.9 Å². The molecule has 0 bridgehead atoms. The summed E-state index contributed by atoms with van der Waals surface area (Å²) in [6.45, 7) is 8.51. The van der Waals surface area contributed by atoms with Crippen LogP contribution in [0.5, 0.6) is 0 Å². The number of anilines is 1. The Morgan fingerprint density at radius 1 is 1.29 bits per heavy atom. The van der Waals surface area contributed by atoms with E-state index in [0.717, 1.165) is 21.3 Å². The van der Waals surface area contributed by atoms with Crippen molar-refractivity contribution in [1.82, 2.24) is 14.3 Å². The van der Waals surface area contributed by atoms with Gasteiger partial charge in [-0.3, -0.25) is 9.74 Å². The van der Waals surface area contributed by atoms with Gasteiger partial charge in [0.15, 0.2) is 0 Å². The fraction of sp³-hybridized carbons (Fsp3) is 0.273. The smallest absolute Gasteiger partial charge is 0.340 e. The summed E-state index contributed by atoms with van der Waals surface area (Å²) in [5, 5.41) is 0. The van der Waals surface area contributed by atoms with E-state index in [1.807, 2.05) is 53.4 Å². The number of halogens is 1. The molecule has 1 aliphatic heterocycles. The number of hydrogen-bond donors (Lipinski definition) is 1. The molecule has 7 nitrogen and oxygen atoms in total. The number of hydrogen-bond acceptors (Lipinski definition) is 4. The third-order valence-electron chi connectivity index (χ3n) is 5.45. The number of nitrogens with one attached hydrogen (secondary N) is 1. The van der Waals surface area contributed by atoms with Crippen LogP contribution in [0, 0.1) is 6.57 Å². The number of imidazole rings is 1. The molecule has 1 aliphatic rings. The summed E-state index contributed by atoms with van der Waals surface area (Å²) < 4.78 is 28.1. The highest BCUT2D eigenvalue weighted by atomic mass is 79.9. The second kappa shape index (κ2) is 8.83. The summed E-state index contributed by atoms with van der Waals surface area (Å²) in [5.74, 6) is 0. The highest BCUT2D eigenvalue weighted by Gasteiger charge is 2.38. The van der Waals surface area contributed by atoms with E-state index in [4.69, 9.17) is 6.57 Å². The first-order chi connectivity index (χ1) is 14.9. The number of aromatic nitrogens is 2. The predicted octanol–water partition coefficient (Wildman–Crippen LogP) is 3.98. The number of rotatable bonds is 5. The molecule has 0 radical (unpaired) electrons. The lowest BCUT2D eigenvalue weighted by molar-refractivity contribution is 0.318. The van der Waals surface area contributed by atoms with Crippen LogP contribution in [-0.2, 0) is 23.0 Å². The van der Waals surface area contributed by atoms with Crippen LogP contribution in [-0.4, -0.2) is 41.5 Å². The van der Waals surface area contributed by atoms with Crippen molar-refractivity contribution in [2.24, 2.45) is 0 Å². The average molecular weight is 500 g/mol. The Kier molecular flexibility index (Phi) is 6.14. The predicted molar refractivity (Wildman–Crippen MR) is 124 cm³/mol.